The van der Waals surface area contributed by atoms with E-state index >= 15 is 0 Å². The van der Waals surface area contributed by atoms with E-state index in [1.165, 1.54) is 0 Å². The molecule has 0 aromatic heterocycles. The molecule has 0 saturated carbocycles. The van der Waals surface area contributed by atoms with Gasteiger partial charge in [-0.3, -0.25) is 4.79 Å². The Bertz CT molecular complexity index is 708. The van der Waals surface area contributed by atoms with Crippen molar-refractivity contribution in [2.45, 2.75) is 33.2 Å². The summed E-state index contributed by atoms with van der Waals surface area (Å²) in [5, 5.41) is 3.16. The molecule has 0 radical (unpaired) electrons. The van der Waals surface area contributed by atoms with Crippen molar-refractivity contribution in [3.63, 3.8) is 0 Å². The SMILES string of the molecule is COc1ccc(C(CC(C)C)NC(=O)c2ccc(OC)c(C)c2)cc1. The topological polar surface area (TPSA) is 47.6 Å². The van der Waals surface area contributed by atoms with E-state index in [0.29, 0.717) is 11.5 Å². The summed E-state index contributed by atoms with van der Waals surface area (Å²) in [6.45, 7) is 6.24. The van der Waals surface area contributed by atoms with Crippen molar-refractivity contribution < 1.29 is 14.3 Å². The number of hydrogen-bond donors (Lipinski definition) is 1. The van der Waals surface area contributed by atoms with Crippen molar-refractivity contribution in [2.24, 2.45) is 5.92 Å². The molecule has 1 unspecified atom stereocenters. The van der Waals surface area contributed by atoms with Crippen LogP contribution in [-0.2, 0) is 0 Å². The molecular weight excluding hydrogens is 314 g/mol. The first-order chi connectivity index (χ1) is 11.9. The largest absolute Gasteiger partial charge is 0.497 e. The van der Waals surface area contributed by atoms with Crippen molar-refractivity contribution in [1.29, 1.82) is 0 Å². The highest BCUT2D eigenvalue weighted by molar-refractivity contribution is 5.94. The van der Waals surface area contributed by atoms with Gasteiger partial charge in [0.05, 0.1) is 20.3 Å². The molecule has 4 nitrogen and oxygen atoms in total. The van der Waals surface area contributed by atoms with Crippen molar-refractivity contribution in [3.05, 3.63) is 59.2 Å². The van der Waals surface area contributed by atoms with Gasteiger partial charge in [-0.1, -0.05) is 26.0 Å². The Balaban J connectivity index is 2.20. The van der Waals surface area contributed by atoms with E-state index in [1.807, 2.05) is 43.3 Å². The van der Waals surface area contributed by atoms with E-state index in [4.69, 9.17) is 9.47 Å². The third-order valence-corrected chi connectivity index (χ3v) is 4.19. The fourth-order valence-corrected chi connectivity index (χ4v) is 2.85. The van der Waals surface area contributed by atoms with Crippen LogP contribution in [-0.4, -0.2) is 20.1 Å². The van der Waals surface area contributed by atoms with Gasteiger partial charge in [0.2, 0.25) is 0 Å². The molecule has 2 rings (SSSR count). The van der Waals surface area contributed by atoms with Crippen LogP contribution in [0.4, 0.5) is 0 Å². The van der Waals surface area contributed by atoms with Crippen LogP contribution in [0.1, 0.15) is 47.8 Å². The lowest BCUT2D eigenvalue weighted by Crippen LogP contribution is -2.29. The number of hydrogen-bond acceptors (Lipinski definition) is 3. The average Bonchev–Trinajstić information content (AvgIpc) is 2.60. The lowest BCUT2D eigenvalue weighted by molar-refractivity contribution is 0.0932. The summed E-state index contributed by atoms with van der Waals surface area (Å²) in [7, 11) is 3.28. The molecule has 4 heteroatoms. The molecule has 0 fully saturated rings. The molecule has 2 aromatic carbocycles. The van der Waals surface area contributed by atoms with Gasteiger partial charge in [-0.15, -0.1) is 0 Å². The first-order valence-electron chi connectivity index (χ1n) is 8.54. The normalized spacial score (nSPS) is 11.9. The number of benzene rings is 2. The number of carbonyl (C=O) groups excluding carboxylic acids is 1. The van der Waals surface area contributed by atoms with Crippen LogP contribution in [0, 0.1) is 12.8 Å². The number of amides is 1. The lowest BCUT2D eigenvalue weighted by atomic mass is 9.96. The van der Waals surface area contributed by atoms with Crippen molar-refractivity contribution >= 4 is 5.91 Å². The molecule has 0 aliphatic rings. The summed E-state index contributed by atoms with van der Waals surface area (Å²) < 4.78 is 10.5. The number of ether oxygens (including phenoxy) is 2. The van der Waals surface area contributed by atoms with Crippen LogP contribution >= 0.6 is 0 Å². The highest BCUT2D eigenvalue weighted by Crippen LogP contribution is 2.25. The second kappa shape index (κ2) is 8.56. The molecule has 134 valence electrons. The third kappa shape index (κ3) is 4.99. The number of aryl methyl sites for hydroxylation is 1. The third-order valence-electron chi connectivity index (χ3n) is 4.19. The zero-order chi connectivity index (χ0) is 18.4. The van der Waals surface area contributed by atoms with E-state index in [-0.39, 0.29) is 11.9 Å². The Morgan fingerprint density at radius 1 is 1.04 bits per heavy atom. The summed E-state index contributed by atoms with van der Waals surface area (Å²) in [6.07, 6.45) is 0.868. The van der Waals surface area contributed by atoms with Gasteiger partial charge in [-0.2, -0.15) is 0 Å². The minimum atomic E-state index is -0.0766. The molecule has 0 saturated heterocycles. The van der Waals surface area contributed by atoms with Gasteiger partial charge in [0.1, 0.15) is 11.5 Å². The second-order valence-corrected chi connectivity index (χ2v) is 6.61. The smallest absolute Gasteiger partial charge is 0.251 e. The van der Waals surface area contributed by atoms with Crippen LogP contribution in [0.25, 0.3) is 0 Å². The number of carbonyl (C=O) groups is 1. The van der Waals surface area contributed by atoms with Gasteiger partial charge >= 0.3 is 0 Å². The summed E-state index contributed by atoms with van der Waals surface area (Å²) >= 11 is 0. The Hall–Kier alpha value is -2.49. The second-order valence-electron chi connectivity index (χ2n) is 6.61. The van der Waals surface area contributed by atoms with Crippen LogP contribution in [0.3, 0.4) is 0 Å². The van der Waals surface area contributed by atoms with Crippen molar-refractivity contribution in [1.82, 2.24) is 5.32 Å². The molecule has 0 heterocycles. The Morgan fingerprint density at radius 2 is 1.72 bits per heavy atom. The molecule has 25 heavy (non-hydrogen) atoms. The Kier molecular flexibility index (Phi) is 6.45. The molecular formula is C21H27NO3. The quantitative estimate of drug-likeness (QED) is 0.805. The number of rotatable bonds is 7. The maximum absolute atomic E-state index is 12.7. The number of nitrogens with one attached hydrogen (secondary N) is 1. The predicted octanol–water partition coefficient (Wildman–Crippen LogP) is 4.53. The zero-order valence-electron chi connectivity index (χ0n) is 15.6. The molecule has 0 aliphatic heterocycles. The van der Waals surface area contributed by atoms with Gasteiger partial charge in [0.15, 0.2) is 0 Å². The highest BCUT2D eigenvalue weighted by atomic mass is 16.5. The van der Waals surface area contributed by atoms with E-state index in [0.717, 1.165) is 29.0 Å². The summed E-state index contributed by atoms with van der Waals surface area (Å²) in [5.74, 6) is 1.98. The van der Waals surface area contributed by atoms with E-state index in [9.17, 15) is 4.79 Å². The van der Waals surface area contributed by atoms with Gasteiger partial charge in [-0.05, 0) is 60.7 Å². The molecule has 1 atom stereocenters. The standard InChI is InChI=1S/C21H27NO3/c1-14(2)12-19(16-6-9-18(24-4)10-7-16)22-21(23)17-8-11-20(25-5)15(3)13-17/h6-11,13-14,19H,12H2,1-5H3,(H,22,23). The summed E-state index contributed by atoms with van der Waals surface area (Å²) in [4.78, 5) is 12.7. The molecule has 1 N–H and O–H groups in total. The Labute approximate surface area is 150 Å². The molecule has 2 aromatic rings. The maximum atomic E-state index is 12.7. The van der Waals surface area contributed by atoms with Crippen molar-refractivity contribution in [2.75, 3.05) is 14.2 Å². The van der Waals surface area contributed by atoms with E-state index in [2.05, 4.69) is 19.2 Å². The molecule has 0 spiro atoms. The molecule has 1 amide bonds. The average molecular weight is 341 g/mol. The van der Waals surface area contributed by atoms with E-state index in [1.54, 1.807) is 20.3 Å². The van der Waals surface area contributed by atoms with E-state index < -0.39 is 0 Å². The zero-order valence-corrected chi connectivity index (χ0v) is 15.6. The predicted molar refractivity (Wildman–Crippen MR) is 100 cm³/mol. The maximum Gasteiger partial charge on any atom is 0.251 e. The molecule has 0 bridgehead atoms. The van der Waals surface area contributed by atoms with Gasteiger partial charge in [0, 0.05) is 5.56 Å². The van der Waals surface area contributed by atoms with Gasteiger partial charge in [0.25, 0.3) is 5.91 Å². The molecule has 0 aliphatic carbocycles. The van der Waals surface area contributed by atoms with Crippen LogP contribution in [0.5, 0.6) is 11.5 Å². The van der Waals surface area contributed by atoms with Crippen molar-refractivity contribution in [3.8, 4) is 11.5 Å². The fourth-order valence-electron chi connectivity index (χ4n) is 2.85. The summed E-state index contributed by atoms with van der Waals surface area (Å²) in [6, 6.07) is 13.3. The minimum absolute atomic E-state index is 0.0409. The number of methoxy groups -OCH3 is 2. The monoisotopic (exact) mass is 341 g/mol. The Morgan fingerprint density at radius 3 is 2.24 bits per heavy atom. The van der Waals surface area contributed by atoms with Gasteiger partial charge < -0.3 is 14.8 Å². The van der Waals surface area contributed by atoms with Crippen LogP contribution in [0.2, 0.25) is 0 Å². The van der Waals surface area contributed by atoms with Crippen LogP contribution < -0.4 is 14.8 Å². The first kappa shape index (κ1) is 18.8. The van der Waals surface area contributed by atoms with Crippen LogP contribution in [0.15, 0.2) is 42.5 Å². The van der Waals surface area contributed by atoms with Gasteiger partial charge in [-0.25, -0.2) is 0 Å². The summed E-state index contributed by atoms with van der Waals surface area (Å²) in [5.41, 5.74) is 2.66. The lowest BCUT2D eigenvalue weighted by Gasteiger charge is -2.22. The fraction of sp³-hybridized carbons (Fsp3) is 0.381. The first-order valence-corrected chi connectivity index (χ1v) is 8.54. The minimum Gasteiger partial charge on any atom is -0.497 e. The highest BCUT2D eigenvalue weighted by Gasteiger charge is 2.18.